The normalized spacial score (nSPS) is 13.0. The van der Waals surface area contributed by atoms with Gasteiger partial charge in [0, 0.05) is 43.7 Å². The second-order valence-electron chi connectivity index (χ2n) is 22.3. The van der Waals surface area contributed by atoms with E-state index in [4.69, 9.17) is 0 Å². The van der Waals surface area contributed by atoms with Gasteiger partial charge < -0.3 is 13.7 Å². The van der Waals surface area contributed by atoms with Crippen LogP contribution in [0.25, 0.3) is 138 Å². The lowest BCUT2D eigenvalue weighted by Crippen LogP contribution is -2.33. The van der Waals surface area contributed by atoms with Gasteiger partial charge >= 0.3 is 0 Å². The quantitative estimate of drug-likeness (QED) is 0.158. The molecule has 0 amide bonds. The van der Waals surface area contributed by atoms with Gasteiger partial charge in [-0.25, -0.2) is 0 Å². The van der Waals surface area contributed by atoms with Crippen LogP contribution in [-0.2, 0) is 5.41 Å². The van der Waals surface area contributed by atoms with Crippen molar-refractivity contribution in [2.75, 3.05) is 0 Å². The first-order chi connectivity index (χ1) is 40.7. The number of aromatic nitrogens is 3. The minimum absolute atomic E-state index is 0.644. The third-order valence-electron chi connectivity index (χ3n) is 18.3. The Bertz CT molecular complexity index is 5060. The molecule has 0 radical (unpaired) electrons. The van der Waals surface area contributed by atoms with E-state index in [1.54, 1.807) is 0 Å². The number of hydrogen-bond acceptors (Lipinski definition) is 0. The molecule has 3 nitrogen and oxygen atoms in total. The summed E-state index contributed by atoms with van der Waals surface area (Å²) in [5, 5.41) is 7.50. The fourth-order valence-electron chi connectivity index (χ4n) is 14.7. The average molecular weight is 1040 g/mol. The molecule has 2 aliphatic rings. The van der Waals surface area contributed by atoms with Crippen molar-refractivity contribution in [3.05, 3.63) is 320 Å². The van der Waals surface area contributed by atoms with Gasteiger partial charge in [0.2, 0.25) is 0 Å². The lowest BCUT2D eigenvalue weighted by atomic mass is 9.65. The smallest absolute Gasteiger partial charge is 0.0754 e. The van der Waals surface area contributed by atoms with Crippen LogP contribution in [0.5, 0.6) is 0 Å². The second-order valence-corrected chi connectivity index (χ2v) is 22.3. The van der Waals surface area contributed by atoms with Crippen molar-refractivity contribution in [3.63, 3.8) is 0 Å². The predicted octanol–water partition coefficient (Wildman–Crippen LogP) is 20.3. The third kappa shape index (κ3) is 6.25. The molecule has 0 atom stereocenters. The molecule has 0 saturated carbocycles. The highest BCUT2D eigenvalue weighted by Gasteiger charge is 2.51. The van der Waals surface area contributed by atoms with Crippen molar-refractivity contribution in [2.24, 2.45) is 0 Å². The van der Waals surface area contributed by atoms with E-state index in [0.717, 1.165) is 11.4 Å². The van der Waals surface area contributed by atoms with Gasteiger partial charge in [-0.2, -0.15) is 0 Å². The van der Waals surface area contributed by atoms with Crippen LogP contribution in [0.15, 0.2) is 297 Å². The Morgan fingerprint density at radius 1 is 0.207 bits per heavy atom. The standard InChI is InChI=1S/C79H49N3/c1-3-16-50(17-4-1)52-30-38-58(39-31-52)80-72-26-11-8-21-63(72)66-46-54(36-44-75(66)80)56-34-42-60-61-43-35-57(55-37-45-76-67(47-55)64-22-9-12-27-73(64)81(76)59-40-32-53(33-41-59)51-18-5-2-6-19-51)49-71(61)79(70(60)48-56)68-24-10-14-29-77(68)82-74-28-13-7-20-62(74)65-23-15-25-69(79)78(65)82/h1-49H. The fraction of sp³-hybridized carbons (Fsp3) is 0.0127. The summed E-state index contributed by atoms with van der Waals surface area (Å²) in [6.07, 6.45) is 0. The summed E-state index contributed by atoms with van der Waals surface area (Å²) in [6, 6.07) is 111. The van der Waals surface area contributed by atoms with Crippen molar-refractivity contribution in [2.45, 2.75) is 5.41 Å². The molecule has 380 valence electrons. The van der Waals surface area contributed by atoms with Gasteiger partial charge in [0.25, 0.3) is 0 Å². The van der Waals surface area contributed by atoms with Crippen LogP contribution in [0.2, 0.25) is 0 Å². The van der Waals surface area contributed by atoms with E-state index in [0.29, 0.717) is 0 Å². The number of benzene rings is 13. The largest absolute Gasteiger partial charge is 0.309 e. The lowest BCUT2D eigenvalue weighted by Gasteiger charge is -2.40. The molecule has 1 aliphatic carbocycles. The summed E-state index contributed by atoms with van der Waals surface area (Å²) < 4.78 is 7.40. The van der Waals surface area contributed by atoms with Gasteiger partial charge in [0.05, 0.1) is 44.2 Å². The molecule has 0 bridgehead atoms. The molecule has 3 aromatic heterocycles. The molecular formula is C79H49N3. The lowest BCUT2D eigenvalue weighted by molar-refractivity contribution is 0.749. The van der Waals surface area contributed by atoms with Gasteiger partial charge in [-0.15, -0.1) is 0 Å². The Balaban J connectivity index is 0.830. The zero-order valence-corrected chi connectivity index (χ0v) is 44.6. The molecule has 0 fully saturated rings. The van der Waals surface area contributed by atoms with Crippen LogP contribution in [0.1, 0.15) is 22.3 Å². The van der Waals surface area contributed by atoms with Crippen LogP contribution >= 0.6 is 0 Å². The molecule has 0 unspecified atom stereocenters. The fourth-order valence-corrected chi connectivity index (χ4v) is 14.7. The van der Waals surface area contributed by atoms with E-state index < -0.39 is 5.41 Å². The highest BCUT2D eigenvalue weighted by molar-refractivity contribution is 6.14. The van der Waals surface area contributed by atoms with Gasteiger partial charge in [0.1, 0.15) is 0 Å². The minimum atomic E-state index is -0.644. The van der Waals surface area contributed by atoms with Crippen LogP contribution in [-0.4, -0.2) is 13.7 Å². The van der Waals surface area contributed by atoms with E-state index >= 15 is 0 Å². The van der Waals surface area contributed by atoms with Gasteiger partial charge in [0.15, 0.2) is 0 Å². The molecule has 0 N–H and O–H groups in total. The molecule has 0 saturated heterocycles. The number of fused-ring (bicyclic) bond motifs is 18. The Hall–Kier alpha value is -10.7. The molecule has 82 heavy (non-hydrogen) atoms. The Labute approximate surface area is 474 Å². The Kier molecular flexibility index (Phi) is 9.43. The zero-order valence-electron chi connectivity index (χ0n) is 44.6. The molecule has 16 aromatic rings. The summed E-state index contributed by atoms with van der Waals surface area (Å²) in [6.45, 7) is 0. The van der Waals surface area contributed by atoms with E-state index in [1.807, 2.05) is 0 Å². The number of hydrogen-bond donors (Lipinski definition) is 0. The van der Waals surface area contributed by atoms with Gasteiger partial charge in [-0.05, 0) is 163 Å². The van der Waals surface area contributed by atoms with Crippen LogP contribution < -0.4 is 0 Å². The third-order valence-corrected chi connectivity index (χ3v) is 18.3. The Morgan fingerprint density at radius 3 is 1.10 bits per heavy atom. The van der Waals surface area contributed by atoms with E-state index in [-0.39, 0.29) is 0 Å². The topological polar surface area (TPSA) is 14.8 Å². The highest BCUT2D eigenvalue weighted by Crippen LogP contribution is 2.62. The summed E-state index contributed by atoms with van der Waals surface area (Å²) in [4.78, 5) is 0. The van der Waals surface area contributed by atoms with Crippen molar-refractivity contribution in [3.8, 4) is 72.7 Å². The summed E-state index contributed by atoms with van der Waals surface area (Å²) >= 11 is 0. The summed E-state index contributed by atoms with van der Waals surface area (Å²) in [5.41, 5.74) is 27.6. The van der Waals surface area contributed by atoms with Crippen LogP contribution in [0, 0.1) is 0 Å². The van der Waals surface area contributed by atoms with Crippen molar-refractivity contribution < 1.29 is 0 Å². The minimum Gasteiger partial charge on any atom is -0.309 e. The summed E-state index contributed by atoms with van der Waals surface area (Å²) in [7, 11) is 0. The highest BCUT2D eigenvalue weighted by atomic mass is 15.0. The van der Waals surface area contributed by atoms with E-state index in [9.17, 15) is 0 Å². The molecule has 18 rings (SSSR count). The molecule has 1 spiro atoms. The monoisotopic (exact) mass is 1040 g/mol. The number of rotatable bonds is 6. The maximum Gasteiger partial charge on any atom is 0.0754 e. The number of para-hydroxylation sites is 5. The maximum atomic E-state index is 2.55. The SMILES string of the molecule is c1ccc(-c2ccc(-n3c4ccccc4c4cc(-c5ccc6c(c5)C5(c7cc(-c8ccc9c(c8)c8ccccc8n9-c8ccc(-c9ccccc9)cc8)ccc7-6)c6ccccc6-n6c7ccccc7c7cccc5c76)ccc43)cc2)cc1. The molecular weight excluding hydrogens is 991 g/mol. The van der Waals surface area contributed by atoms with Crippen LogP contribution in [0.3, 0.4) is 0 Å². The van der Waals surface area contributed by atoms with Gasteiger partial charge in [-0.3, -0.25) is 0 Å². The zero-order chi connectivity index (χ0) is 53.6. The first-order valence-corrected chi connectivity index (χ1v) is 28.5. The van der Waals surface area contributed by atoms with Crippen molar-refractivity contribution in [1.82, 2.24) is 13.7 Å². The van der Waals surface area contributed by atoms with E-state index in [2.05, 4.69) is 311 Å². The maximum absolute atomic E-state index is 2.55. The molecule has 13 aromatic carbocycles. The van der Waals surface area contributed by atoms with Gasteiger partial charge in [-0.1, -0.05) is 212 Å². The summed E-state index contributed by atoms with van der Waals surface area (Å²) in [5.74, 6) is 0. The van der Waals surface area contributed by atoms with Crippen molar-refractivity contribution >= 4 is 65.4 Å². The predicted molar refractivity (Wildman–Crippen MR) is 342 cm³/mol. The molecule has 1 aliphatic heterocycles. The molecule has 4 heterocycles. The number of nitrogens with zero attached hydrogens (tertiary/aromatic N) is 3. The second kappa shape index (κ2) is 17.1. The van der Waals surface area contributed by atoms with Crippen LogP contribution in [0.4, 0.5) is 0 Å². The Morgan fingerprint density at radius 2 is 0.573 bits per heavy atom. The molecule has 3 heteroatoms. The van der Waals surface area contributed by atoms with Crippen molar-refractivity contribution in [1.29, 1.82) is 0 Å². The van der Waals surface area contributed by atoms with E-state index in [1.165, 1.54) is 149 Å². The first-order valence-electron chi connectivity index (χ1n) is 28.5. The first kappa shape index (κ1) is 45.2. The average Bonchev–Trinajstić information content (AvgIpc) is 1.62.